The number of anilines is 1. The fraction of sp³-hybridized carbons (Fsp3) is 0.391. The van der Waals surface area contributed by atoms with Crippen molar-refractivity contribution in [2.24, 2.45) is 23.7 Å². The lowest BCUT2D eigenvalue weighted by molar-refractivity contribution is 0.120. The third kappa shape index (κ3) is 3.00. The van der Waals surface area contributed by atoms with Crippen LogP contribution in [0.5, 0.6) is 0 Å². The number of aromatic nitrogens is 4. The van der Waals surface area contributed by atoms with Gasteiger partial charge in [-0.25, -0.2) is 18.7 Å². The smallest absolute Gasteiger partial charge is 0.161 e. The average Bonchev–Trinajstić information content (AvgIpc) is 3.18. The van der Waals surface area contributed by atoms with Gasteiger partial charge in [0.2, 0.25) is 0 Å². The molecule has 2 aliphatic rings. The highest BCUT2D eigenvalue weighted by atomic mass is 19.2. The number of nitrogens with one attached hydrogen (secondary N) is 1. The molecule has 3 heterocycles. The minimum absolute atomic E-state index is 0.112. The summed E-state index contributed by atoms with van der Waals surface area (Å²) in [5, 5.41) is 14.0. The number of rotatable bonds is 5. The van der Waals surface area contributed by atoms with E-state index < -0.39 is 17.9 Å². The molecule has 6 rings (SSSR count). The fourth-order valence-electron chi connectivity index (χ4n) is 5.70. The van der Waals surface area contributed by atoms with E-state index in [1.807, 2.05) is 33.5 Å². The van der Waals surface area contributed by atoms with Gasteiger partial charge >= 0.3 is 0 Å². The molecular formula is C23H23F2N5O. The van der Waals surface area contributed by atoms with Gasteiger partial charge in [0, 0.05) is 42.7 Å². The first kappa shape index (κ1) is 18.7. The van der Waals surface area contributed by atoms with Crippen LogP contribution in [0.3, 0.4) is 0 Å². The maximum atomic E-state index is 13.7. The summed E-state index contributed by atoms with van der Waals surface area (Å²) < 4.78 is 31.1. The van der Waals surface area contributed by atoms with E-state index in [0.29, 0.717) is 28.8 Å². The Labute approximate surface area is 177 Å². The van der Waals surface area contributed by atoms with Gasteiger partial charge in [-0.15, -0.1) is 0 Å². The second-order valence-electron chi connectivity index (χ2n) is 9.00. The molecule has 8 heteroatoms. The van der Waals surface area contributed by atoms with E-state index in [0.717, 1.165) is 30.2 Å². The Kier molecular flexibility index (Phi) is 4.08. The number of halogens is 2. The highest BCUT2D eigenvalue weighted by Gasteiger charge is 2.59. The molecule has 0 saturated heterocycles. The SMILES string of the molecule is CC(C(O)Nc1ccc2nccn2c1)C1[C@H]2CC(n3cnc4cc(F)c(F)cc43)C[C@@H]12. The Morgan fingerprint density at radius 2 is 1.90 bits per heavy atom. The molecular weight excluding hydrogens is 400 g/mol. The first-order valence-corrected chi connectivity index (χ1v) is 10.7. The second-order valence-corrected chi connectivity index (χ2v) is 9.00. The van der Waals surface area contributed by atoms with Crippen LogP contribution in [0.1, 0.15) is 25.8 Å². The second kappa shape index (κ2) is 6.75. The van der Waals surface area contributed by atoms with Crippen molar-refractivity contribution in [1.29, 1.82) is 0 Å². The van der Waals surface area contributed by atoms with Crippen molar-refractivity contribution in [3.05, 3.63) is 60.8 Å². The zero-order chi connectivity index (χ0) is 21.3. The minimum Gasteiger partial charge on any atom is -0.374 e. The number of imidazole rings is 2. The Morgan fingerprint density at radius 1 is 1.13 bits per heavy atom. The number of aliphatic hydroxyl groups is 1. The van der Waals surface area contributed by atoms with Crippen LogP contribution in [-0.2, 0) is 0 Å². The van der Waals surface area contributed by atoms with E-state index >= 15 is 0 Å². The number of nitrogens with zero attached hydrogens (tertiary/aromatic N) is 4. The zero-order valence-electron chi connectivity index (χ0n) is 17.0. The maximum Gasteiger partial charge on any atom is 0.161 e. The summed E-state index contributed by atoms with van der Waals surface area (Å²) in [6.45, 7) is 2.09. The number of aliphatic hydroxyl groups excluding tert-OH is 1. The van der Waals surface area contributed by atoms with Crippen LogP contribution in [0, 0.1) is 35.3 Å². The monoisotopic (exact) mass is 423 g/mol. The summed E-state index contributed by atoms with van der Waals surface area (Å²) in [5.74, 6) is -0.0626. The highest BCUT2D eigenvalue weighted by molar-refractivity contribution is 5.75. The molecule has 0 bridgehead atoms. The van der Waals surface area contributed by atoms with Gasteiger partial charge in [0.05, 0.1) is 23.0 Å². The summed E-state index contributed by atoms with van der Waals surface area (Å²) in [6.07, 6.45) is 8.54. The van der Waals surface area contributed by atoms with E-state index in [2.05, 4.69) is 22.2 Å². The topological polar surface area (TPSA) is 67.4 Å². The van der Waals surface area contributed by atoms with E-state index in [1.54, 1.807) is 12.5 Å². The van der Waals surface area contributed by atoms with Crippen molar-refractivity contribution in [1.82, 2.24) is 18.9 Å². The van der Waals surface area contributed by atoms with Crippen LogP contribution in [-0.4, -0.2) is 30.3 Å². The summed E-state index contributed by atoms with van der Waals surface area (Å²) in [6, 6.07) is 6.48. The summed E-state index contributed by atoms with van der Waals surface area (Å²) in [5.41, 5.74) is 2.85. The van der Waals surface area contributed by atoms with Gasteiger partial charge in [0.15, 0.2) is 11.6 Å². The van der Waals surface area contributed by atoms with Crippen LogP contribution in [0.25, 0.3) is 16.7 Å². The molecule has 0 aliphatic heterocycles. The standard InChI is InChI=1S/C23H23F2N5O/c1-12(23(31)28-13-2-3-21-26-4-5-29(21)10-13)22-15-6-14(7-16(15)22)30-11-27-19-8-17(24)18(25)9-20(19)30/h2-5,8-12,14-16,22-23,28,31H,6-7H2,1H3/t12?,14?,15-,16+,22?,23?. The van der Waals surface area contributed by atoms with Crippen LogP contribution < -0.4 is 5.32 Å². The molecule has 2 N–H and O–H groups in total. The van der Waals surface area contributed by atoms with Gasteiger partial charge in [0.1, 0.15) is 11.9 Å². The Balaban J connectivity index is 1.12. The Morgan fingerprint density at radius 3 is 2.71 bits per heavy atom. The van der Waals surface area contributed by atoms with Crippen LogP contribution in [0.15, 0.2) is 49.2 Å². The number of benzene rings is 1. The number of hydrogen-bond donors (Lipinski definition) is 2. The van der Waals surface area contributed by atoms with Crippen molar-refractivity contribution >= 4 is 22.4 Å². The van der Waals surface area contributed by atoms with Gasteiger partial charge < -0.3 is 19.4 Å². The van der Waals surface area contributed by atoms with E-state index in [1.165, 1.54) is 6.07 Å². The van der Waals surface area contributed by atoms with Crippen molar-refractivity contribution in [2.45, 2.75) is 32.0 Å². The van der Waals surface area contributed by atoms with Crippen LogP contribution in [0.2, 0.25) is 0 Å². The molecule has 160 valence electrons. The molecule has 0 amide bonds. The Hall–Kier alpha value is -3.00. The number of pyridine rings is 1. The summed E-state index contributed by atoms with van der Waals surface area (Å²) >= 11 is 0. The fourth-order valence-corrected chi connectivity index (χ4v) is 5.70. The largest absolute Gasteiger partial charge is 0.374 e. The first-order chi connectivity index (χ1) is 15.0. The highest BCUT2D eigenvalue weighted by Crippen LogP contribution is 2.64. The lowest BCUT2D eigenvalue weighted by atomic mass is 9.95. The molecule has 31 heavy (non-hydrogen) atoms. The number of hydrogen-bond acceptors (Lipinski definition) is 4. The van der Waals surface area contributed by atoms with Crippen molar-refractivity contribution in [2.75, 3.05) is 5.32 Å². The van der Waals surface area contributed by atoms with Crippen molar-refractivity contribution in [3.8, 4) is 0 Å². The Bertz CT molecular complexity index is 1270. The molecule has 1 aromatic carbocycles. The minimum atomic E-state index is -0.866. The third-order valence-electron chi connectivity index (χ3n) is 7.31. The summed E-state index contributed by atoms with van der Waals surface area (Å²) in [7, 11) is 0. The molecule has 6 nitrogen and oxygen atoms in total. The van der Waals surface area contributed by atoms with Crippen molar-refractivity contribution in [3.63, 3.8) is 0 Å². The zero-order valence-corrected chi connectivity index (χ0v) is 17.0. The van der Waals surface area contributed by atoms with E-state index in [4.69, 9.17) is 0 Å². The van der Waals surface area contributed by atoms with Gasteiger partial charge in [0.25, 0.3) is 0 Å². The lowest BCUT2D eigenvalue weighted by Gasteiger charge is -2.24. The molecule has 0 spiro atoms. The molecule has 3 aromatic heterocycles. The molecule has 4 aromatic rings. The number of fused-ring (bicyclic) bond motifs is 3. The molecule has 0 radical (unpaired) electrons. The molecule has 2 aliphatic carbocycles. The molecule has 2 fully saturated rings. The van der Waals surface area contributed by atoms with Crippen LogP contribution >= 0.6 is 0 Å². The van der Waals surface area contributed by atoms with Gasteiger partial charge in [-0.1, -0.05) is 6.92 Å². The third-order valence-corrected chi connectivity index (χ3v) is 7.31. The maximum absolute atomic E-state index is 13.7. The average molecular weight is 423 g/mol. The van der Waals surface area contributed by atoms with Crippen LogP contribution in [0.4, 0.5) is 14.5 Å². The first-order valence-electron chi connectivity index (χ1n) is 10.7. The normalized spacial score (nSPS) is 26.8. The van der Waals surface area contributed by atoms with Gasteiger partial charge in [-0.3, -0.25) is 0 Å². The van der Waals surface area contributed by atoms with Gasteiger partial charge in [-0.05, 0) is 42.7 Å². The molecule has 6 atom stereocenters. The molecule has 4 unspecified atom stereocenters. The molecule has 2 saturated carbocycles. The summed E-state index contributed by atoms with van der Waals surface area (Å²) in [4.78, 5) is 8.49. The predicted molar refractivity (Wildman–Crippen MR) is 112 cm³/mol. The van der Waals surface area contributed by atoms with Crippen molar-refractivity contribution < 1.29 is 13.9 Å². The van der Waals surface area contributed by atoms with Gasteiger partial charge in [-0.2, -0.15) is 0 Å². The quantitative estimate of drug-likeness (QED) is 0.472. The van der Waals surface area contributed by atoms with E-state index in [9.17, 15) is 13.9 Å². The van der Waals surface area contributed by atoms with E-state index in [-0.39, 0.29) is 12.0 Å². The lowest BCUT2D eigenvalue weighted by Crippen LogP contribution is -2.29. The predicted octanol–water partition coefficient (Wildman–Crippen LogP) is 4.23.